The van der Waals surface area contributed by atoms with E-state index in [1.54, 1.807) is 11.3 Å². The summed E-state index contributed by atoms with van der Waals surface area (Å²) < 4.78 is 5.41. The molecule has 0 radical (unpaired) electrons. The van der Waals surface area contributed by atoms with Crippen LogP contribution < -0.4 is 0 Å². The zero-order chi connectivity index (χ0) is 11.3. The average Bonchev–Trinajstić information content (AvgIpc) is 2.73. The van der Waals surface area contributed by atoms with Gasteiger partial charge in [0, 0.05) is 4.88 Å². The Morgan fingerprint density at radius 3 is 2.73 bits per heavy atom. The van der Waals surface area contributed by atoms with Crippen molar-refractivity contribution in [1.82, 2.24) is 0 Å². The third-order valence-electron chi connectivity index (χ3n) is 2.36. The molecule has 2 nitrogen and oxygen atoms in total. The van der Waals surface area contributed by atoms with Gasteiger partial charge in [-0.1, -0.05) is 13.8 Å². The second-order valence-corrected chi connectivity index (χ2v) is 4.74. The van der Waals surface area contributed by atoms with Crippen LogP contribution in [0.3, 0.4) is 0 Å². The average molecular weight is 226 g/mol. The lowest BCUT2D eigenvalue weighted by molar-refractivity contribution is 0.0514. The van der Waals surface area contributed by atoms with Crippen LogP contribution in [0.1, 0.15) is 41.7 Å². The van der Waals surface area contributed by atoms with E-state index >= 15 is 0 Å². The molecule has 0 spiro atoms. The van der Waals surface area contributed by atoms with Crippen molar-refractivity contribution in [3.63, 3.8) is 0 Å². The van der Waals surface area contributed by atoms with Gasteiger partial charge in [0.25, 0.3) is 0 Å². The molecule has 0 aliphatic rings. The largest absolute Gasteiger partial charge is 0.370 e. The maximum absolute atomic E-state index is 11.7. The first-order valence-electron chi connectivity index (χ1n) is 5.40. The van der Waals surface area contributed by atoms with Crippen LogP contribution >= 0.6 is 11.3 Å². The zero-order valence-electron chi connectivity index (χ0n) is 9.58. The monoisotopic (exact) mass is 226 g/mol. The van der Waals surface area contributed by atoms with E-state index in [2.05, 4.69) is 13.8 Å². The normalized spacial score (nSPS) is 12.7. The Labute approximate surface area is 95.3 Å². The second kappa shape index (κ2) is 6.03. The molecule has 1 atom stereocenters. The van der Waals surface area contributed by atoms with Crippen LogP contribution in [0.5, 0.6) is 0 Å². The fraction of sp³-hybridized carbons (Fsp3) is 0.583. The van der Waals surface area contributed by atoms with Crippen LogP contribution in [0.2, 0.25) is 0 Å². The van der Waals surface area contributed by atoms with Crippen molar-refractivity contribution in [2.45, 2.75) is 39.7 Å². The number of Topliss-reactive ketones (excluding diaryl/α,β-unsaturated/α-hetero) is 1. The molecular formula is C12H18O2S. The molecule has 0 bridgehead atoms. The molecule has 0 fully saturated rings. The summed E-state index contributed by atoms with van der Waals surface area (Å²) in [6, 6.07) is 3.91. The maximum Gasteiger partial charge on any atom is 0.198 e. The van der Waals surface area contributed by atoms with Gasteiger partial charge in [-0.2, -0.15) is 0 Å². The highest BCUT2D eigenvalue weighted by atomic mass is 32.1. The van der Waals surface area contributed by atoms with Gasteiger partial charge in [-0.05, 0) is 31.9 Å². The Morgan fingerprint density at radius 2 is 2.20 bits per heavy atom. The van der Waals surface area contributed by atoms with Gasteiger partial charge in [-0.3, -0.25) is 4.79 Å². The topological polar surface area (TPSA) is 26.3 Å². The fourth-order valence-corrected chi connectivity index (χ4v) is 2.00. The Bertz CT molecular complexity index is 317. The Kier molecular flexibility index (Phi) is 4.99. The highest BCUT2D eigenvalue weighted by Gasteiger charge is 2.10. The third kappa shape index (κ3) is 3.76. The van der Waals surface area contributed by atoms with Crippen LogP contribution in [0.25, 0.3) is 0 Å². The molecule has 0 aliphatic heterocycles. The predicted octanol–water partition coefficient (Wildman–Crippen LogP) is 3.31. The molecule has 0 N–H and O–H groups in total. The van der Waals surface area contributed by atoms with Crippen molar-refractivity contribution in [2.75, 3.05) is 6.61 Å². The number of ether oxygens (including phenoxy) is 1. The molecule has 1 rings (SSSR count). The smallest absolute Gasteiger partial charge is 0.198 e. The maximum atomic E-state index is 11.7. The number of thiophene rings is 1. The number of carbonyl (C=O) groups excluding carboxylic acids is 1. The van der Waals surface area contributed by atoms with E-state index in [1.807, 2.05) is 19.1 Å². The lowest BCUT2D eigenvalue weighted by Gasteiger charge is -2.08. The highest BCUT2D eigenvalue weighted by Crippen LogP contribution is 2.17. The summed E-state index contributed by atoms with van der Waals surface area (Å²) in [5, 5.41) is 0. The van der Waals surface area contributed by atoms with Gasteiger partial charge in [0.2, 0.25) is 0 Å². The standard InChI is InChI=1S/C12H18O2S/c1-4-9(3)14-8-11(13)12-7-6-10(5-2)15-12/h6-7,9H,4-5,8H2,1-3H3. The molecule has 84 valence electrons. The third-order valence-corrected chi connectivity index (χ3v) is 3.63. The van der Waals surface area contributed by atoms with Gasteiger partial charge in [-0.25, -0.2) is 0 Å². The molecule has 0 aromatic carbocycles. The molecule has 1 aromatic rings. The summed E-state index contributed by atoms with van der Waals surface area (Å²) in [6.45, 7) is 6.34. The molecule has 0 saturated carbocycles. The number of ketones is 1. The van der Waals surface area contributed by atoms with Gasteiger partial charge < -0.3 is 4.74 Å². The number of hydrogen-bond donors (Lipinski definition) is 0. The number of carbonyl (C=O) groups is 1. The molecule has 3 heteroatoms. The zero-order valence-corrected chi connectivity index (χ0v) is 10.4. The van der Waals surface area contributed by atoms with Crippen LogP contribution in [0.4, 0.5) is 0 Å². The minimum Gasteiger partial charge on any atom is -0.370 e. The summed E-state index contributed by atoms with van der Waals surface area (Å²) in [4.78, 5) is 13.7. The molecular weight excluding hydrogens is 208 g/mol. The van der Waals surface area contributed by atoms with E-state index in [0.717, 1.165) is 17.7 Å². The second-order valence-electron chi connectivity index (χ2n) is 3.57. The quantitative estimate of drug-likeness (QED) is 0.696. The van der Waals surface area contributed by atoms with E-state index < -0.39 is 0 Å². The van der Waals surface area contributed by atoms with Crippen LogP contribution in [-0.4, -0.2) is 18.5 Å². The number of rotatable bonds is 6. The molecule has 0 aliphatic carbocycles. The van der Waals surface area contributed by atoms with Crippen LogP contribution in [-0.2, 0) is 11.2 Å². The van der Waals surface area contributed by atoms with Gasteiger partial charge >= 0.3 is 0 Å². The van der Waals surface area contributed by atoms with E-state index in [4.69, 9.17) is 4.74 Å². The Balaban J connectivity index is 2.46. The molecule has 15 heavy (non-hydrogen) atoms. The van der Waals surface area contributed by atoms with E-state index in [-0.39, 0.29) is 18.5 Å². The summed E-state index contributed by atoms with van der Waals surface area (Å²) in [7, 11) is 0. The van der Waals surface area contributed by atoms with Crippen molar-refractivity contribution >= 4 is 17.1 Å². The first-order chi connectivity index (χ1) is 7.17. The van der Waals surface area contributed by atoms with Crippen molar-refractivity contribution in [1.29, 1.82) is 0 Å². The molecule has 1 unspecified atom stereocenters. The first kappa shape index (κ1) is 12.4. The van der Waals surface area contributed by atoms with Gasteiger partial charge in [0.15, 0.2) is 5.78 Å². The molecule has 0 saturated heterocycles. The van der Waals surface area contributed by atoms with E-state index in [9.17, 15) is 4.79 Å². The van der Waals surface area contributed by atoms with E-state index in [0.29, 0.717) is 0 Å². The van der Waals surface area contributed by atoms with Crippen molar-refractivity contribution in [3.8, 4) is 0 Å². The molecule has 1 aromatic heterocycles. The Morgan fingerprint density at radius 1 is 1.47 bits per heavy atom. The SMILES string of the molecule is CCc1ccc(C(=O)COC(C)CC)s1. The summed E-state index contributed by atoms with van der Waals surface area (Å²) in [6.07, 6.45) is 2.10. The summed E-state index contributed by atoms with van der Waals surface area (Å²) in [5.41, 5.74) is 0. The number of aryl methyl sites for hydroxylation is 1. The first-order valence-corrected chi connectivity index (χ1v) is 6.22. The van der Waals surface area contributed by atoms with Crippen molar-refractivity contribution in [3.05, 3.63) is 21.9 Å². The minimum atomic E-state index is 0.0972. The van der Waals surface area contributed by atoms with Gasteiger partial charge in [-0.15, -0.1) is 11.3 Å². The predicted molar refractivity (Wildman–Crippen MR) is 63.7 cm³/mol. The molecule has 0 amide bonds. The number of hydrogen-bond acceptors (Lipinski definition) is 3. The summed E-state index contributed by atoms with van der Waals surface area (Å²) in [5.74, 6) is 0.0972. The van der Waals surface area contributed by atoms with Crippen molar-refractivity contribution < 1.29 is 9.53 Å². The van der Waals surface area contributed by atoms with Gasteiger partial charge in [0.05, 0.1) is 11.0 Å². The van der Waals surface area contributed by atoms with Crippen molar-refractivity contribution in [2.24, 2.45) is 0 Å². The minimum absolute atomic E-state index is 0.0972. The highest BCUT2D eigenvalue weighted by molar-refractivity contribution is 7.14. The van der Waals surface area contributed by atoms with E-state index in [1.165, 1.54) is 4.88 Å². The van der Waals surface area contributed by atoms with Crippen LogP contribution in [0.15, 0.2) is 12.1 Å². The van der Waals surface area contributed by atoms with Gasteiger partial charge in [0.1, 0.15) is 6.61 Å². The lowest BCUT2D eigenvalue weighted by Crippen LogP contribution is -2.14. The van der Waals surface area contributed by atoms with Crippen LogP contribution in [0, 0.1) is 0 Å². The summed E-state index contributed by atoms with van der Waals surface area (Å²) >= 11 is 1.57. The Hall–Kier alpha value is -0.670. The fourth-order valence-electron chi connectivity index (χ4n) is 1.12. The lowest BCUT2D eigenvalue weighted by atomic mass is 10.3. The molecule has 1 heterocycles.